The van der Waals surface area contributed by atoms with Crippen molar-refractivity contribution >= 4 is 75.1 Å². The van der Waals surface area contributed by atoms with Crippen LogP contribution in [0, 0.1) is 6.92 Å². The molecule has 0 saturated carbocycles. The van der Waals surface area contributed by atoms with Crippen molar-refractivity contribution in [2.75, 3.05) is 25.1 Å². The monoisotopic (exact) mass is 657 g/mol. The lowest BCUT2D eigenvalue weighted by Crippen LogP contribution is -2.29. The van der Waals surface area contributed by atoms with Gasteiger partial charge in [0.25, 0.3) is 5.91 Å². The third-order valence-electron chi connectivity index (χ3n) is 5.60. The molecule has 0 spiro atoms. The van der Waals surface area contributed by atoms with Crippen molar-refractivity contribution in [3.63, 3.8) is 0 Å². The van der Waals surface area contributed by atoms with Crippen LogP contribution in [0.25, 0.3) is 0 Å². The Morgan fingerprint density at radius 1 is 1.10 bits per heavy atom. The molecule has 12 nitrogen and oxygen atoms in total. The minimum absolute atomic E-state index is 0.0647. The van der Waals surface area contributed by atoms with Gasteiger partial charge in [0.1, 0.15) is 15.6 Å². The zero-order valence-corrected chi connectivity index (χ0v) is 26.6. The summed E-state index contributed by atoms with van der Waals surface area (Å²) in [5.74, 6) is -1.31. The highest BCUT2D eigenvalue weighted by atomic mass is 35.5. The van der Waals surface area contributed by atoms with E-state index in [-0.39, 0.29) is 46.8 Å². The summed E-state index contributed by atoms with van der Waals surface area (Å²) in [7, 11) is 1.70. The van der Waals surface area contributed by atoms with E-state index in [1.54, 1.807) is 51.4 Å². The highest BCUT2D eigenvalue weighted by Gasteiger charge is 2.29. The van der Waals surface area contributed by atoms with Crippen LogP contribution in [-0.4, -0.2) is 63.6 Å². The number of amides is 2. The number of thiophene rings is 1. The number of carbonyl (C=O) groups is 4. The second kappa shape index (κ2) is 15.2. The van der Waals surface area contributed by atoms with Crippen LogP contribution in [0.15, 0.2) is 23.4 Å². The van der Waals surface area contributed by atoms with Crippen LogP contribution in [0.3, 0.4) is 0 Å². The zero-order valence-electron chi connectivity index (χ0n) is 23.4. The van der Waals surface area contributed by atoms with Crippen LogP contribution in [0.1, 0.15) is 52.2 Å². The van der Waals surface area contributed by atoms with Gasteiger partial charge in [-0.1, -0.05) is 35.0 Å². The Morgan fingerprint density at radius 3 is 2.45 bits per heavy atom. The first-order valence-corrected chi connectivity index (χ1v) is 15.1. The number of ether oxygens (including phenoxy) is 3. The average Bonchev–Trinajstić information content (AvgIpc) is 3.45. The molecule has 0 aliphatic carbocycles. The zero-order chi connectivity index (χ0) is 31.0. The summed E-state index contributed by atoms with van der Waals surface area (Å²) in [6.07, 6.45) is 0. The summed E-state index contributed by atoms with van der Waals surface area (Å²) in [5.41, 5.74) is 0.476. The van der Waals surface area contributed by atoms with E-state index in [4.69, 9.17) is 37.4 Å². The van der Waals surface area contributed by atoms with Crippen LogP contribution in [0.4, 0.5) is 5.00 Å². The summed E-state index contributed by atoms with van der Waals surface area (Å²) < 4.78 is 17.3. The number of carbonyl (C=O) groups excluding carboxylic acids is 4. The van der Waals surface area contributed by atoms with Crippen molar-refractivity contribution in [2.24, 2.45) is 7.05 Å². The normalized spacial score (nSPS) is 11.5. The van der Waals surface area contributed by atoms with Gasteiger partial charge in [-0.3, -0.25) is 9.59 Å². The molecular weight excluding hydrogens is 629 g/mol. The first-order chi connectivity index (χ1) is 20.0. The lowest BCUT2D eigenvalue weighted by Gasteiger charge is -2.12. The summed E-state index contributed by atoms with van der Waals surface area (Å²) >= 11 is 14.0. The molecule has 2 amide bonds. The number of rotatable bonds is 13. The molecule has 0 fully saturated rings. The topological polar surface area (TPSA) is 151 Å². The Balaban J connectivity index is 1.62. The average molecular weight is 659 g/mol. The fraction of sp³-hybridized carbons (Fsp3) is 0.385. The summed E-state index contributed by atoms with van der Waals surface area (Å²) in [4.78, 5) is 50.6. The molecule has 2 aromatic heterocycles. The van der Waals surface area contributed by atoms with Gasteiger partial charge in [-0.05, 0) is 51.5 Å². The maximum Gasteiger partial charge on any atom is 0.348 e. The number of hydrogen-bond acceptors (Lipinski definition) is 11. The number of esters is 2. The Morgan fingerprint density at radius 2 is 1.79 bits per heavy atom. The van der Waals surface area contributed by atoms with E-state index < -0.39 is 29.0 Å². The van der Waals surface area contributed by atoms with Gasteiger partial charge >= 0.3 is 11.9 Å². The molecule has 3 aromatic rings. The predicted octanol–water partition coefficient (Wildman–Crippen LogP) is 4.66. The van der Waals surface area contributed by atoms with E-state index in [9.17, 15) is 19.2 Å². The van der Waals surface area contributed by atoms with Crippen molar-refractivity contribution in [1.82, 2.24) is 20.1 Å². The molecule has 0 saturated heterocycles. The molecule has 1 aromatic carbocycles. The Kier molecular flexibility index (Phi) is 12.0. The molecule has 42 heavy (non-hydrogen) atoms. The van der Waals surface area contributed by atoms with Gasteiger partial charge in [0.05, 0.1) is 35.6 Å². The Labute approximate surface area is 260 Å². The van der Waals surface area contributed by atoms with E-state index in [1.165, 1.54) is 6.07 Å². The standard InChI is InChI=1S/C26H29Cl2N5O7S2/c1-6-38-24(36)20-13(3)21(25(37)39-7-2)42-23(20)30-22(35)14(4)41-26-32-31-18(33(26)5)11-29-19(34)12-40-17-9-8-15(27)10-16(17)28/h8-10,14H,6-7,11-12H2,1-5H3,(H,29,34)(H,30,35)/t14-/m1/s1. The number of nitrogens with one attached hydrogen (secondary N) is 2. The lowest BCUT2D eigenvalue weighted by molar-refractivity contribution is -0.123. The molecule has 2 N–H and O–H groups in total. The fourth-order valence-electron chi connectivity index (χ4n) is 3.43. The van der Waals surface area contributed by atoms with E-state index in [0.717, 1.165) is 23.1 Å². The fourth-order valence-corrected chi connectivity index (χ4v) is 5.82. The van der Waals surface area contributed by atoms with Crippen molar-refractivity contribution in [3.05, 3.63) is 50.1 Å². The molecule has 1 atom stereocenters. The smallest absolute Gasteiger partial charge is 0.348 e. The number of nitrogens with zero attached hydrogens (tertiary/aromatic N) is 3. The van der Waals surface area contributed by atoms with Crippen LogP contribution >= 0.6 is 46.3 Å². The molecule has 3 rings (SSSR count). The molecule has 0 bridgehead atoms. The van der Waals surface area contributed by atoms with Crippen molar-refractivity contribution in [2.45, 2.75) is 44.6 Å². The van der Waals surface area contributed by atoms with Gasteiger partial charge in [-0.25, -0.2) is 9.59 Å². The third kappa shape index (κ3) is 8.37. The van der Waals surface area contributed by atoms with Crippen molar-refractivity contribution in [3.8, 4) is 5.75 Å². The summed E-state index contributed by atoms with van der Waals surface area (Å²) in [5, 5.41) is 14.3. The number of thioether (sulfide) groups is 1. The quantitative estimate of drug-likeness (QED) is 0.196. The molecule has 0 unspecified atom stereocenters. The van der Waals surface area contributed by atoms with Crippen molar-refractivity contribution in [1.29, 1.82) is 0 Å². The third-order valence-corrected chi connectivity index (χ3v) is 8.45. The lowest BCUT2D eigenvalue weighted by atomic mass is 10.1. The molecule has 0 aliphatic rings. The van der Waals surface area contributed by atoms with E-state index in [2.05, 4.69) is 20.8 Å². The van der Waals surface area contributed by atoms with Gasteiger partial charge in [-0.2, -0.15) is 0 Å². The first kappa shape index (κ1) is 33.2. The van der Waals surface area contributed by atoms with Crippen LogP contribution in [-0.2, 0) is 32.7 Å². The Bertz CT molecular complexity index is 1480. The minimum atomic E-state index is -0.670. The van der Waals surface area contributed by atoms with E-state index in [1.807, 2.05) is 0 Å². The largest absolute Gasteiger partial charge is 0.482 e. The molecular formula is C26H29Cl2N5O7S2. The maximum absolute atomic E-state index is 13.1. The van der Waals surface area contributed by atoms with Gasteiger partial charge in [-0.15, -0.1) is 21.5 Å². The maximum atomic E-state index is 13.1. The van der Waals surface area contributed by atoms with Crippen LogP contribution in [0.5, 0.6) is 5.75 Å². The number of benzene rings is 1. The minimum Gasteiger partial charge on any atom is -0.482 e. The summed E-state index contributed by atoms with van der Waals surface area (Å²) in [6, 6.07) is 4.68. The number of halogens is 2. The van der Waals surface area contributed by atoms with E-state index >= 15 is 0 Å². The molecule has 0 aliphatic heterocycles. The molecule has 16 heteroatoms. The molecule has 0 radical (unpaired) electrons. The predicted molar refractivity (Wildman–Crippen MR) is 160 cm³/mol. The number of hydrogen-bond donors (Lipinski definition) is 2. The highest BCUT2D eigenvalue weighted by molar-refractivity contribution is 8.00. The van der Waals surface area contributed by atoms with E-state index in [0.29, 0.717) is 27.3 Å². The summed E-state index contributed by atoms with van der Waals surface area (Å²) in [6.45, 7) is 6.68. The van der Waals surface area contributed by atoms with Gasteiger partial charge < -0.3 is 29.4 Å². The second-order valence-electron chi connectivity index (χ2n) is 8.55. The number of anilines is 1. The SMILES string of the molecule is CCOC(=O)c1sc(NC(=O)[C@@H](C)Sc2nnc(CNC(=O)COc3ccc(Cl)cc3Cl)n2C)c(C(=O)OCC)c1C. The van der Waals surface area contributed by atoms with Crippen LogP contribution in [0.2, 0.25) is 10.0 Å². The van der Waals surface area contributed by atoms with Gasteiger partial charge in [0.2, 0.25) is 5.91 Å². The molecule has 226 valence electrons. The van der Waals surface area contributed by atoms with Gasteiger partial charge in [0.15, 0.2) is 17.6 Å². The van der Waals surface area contributed by atoms with Crippen LogP contribution < -0.4 is 15.4 Å². The Hall–Kier alpha value is -3.33. The van der Waals surface area contributed by atoms with Gasteiger partial charge in [0, 0.05) is 12.1 Å². The molecule has 2 heterocycles. The number of aromatic nitrogens is 3. The van der Waals surface area contributed by atoms with Crippen molar-refractivity contribution < 1.29 is 33.4 Å². The highest BCUT2D eigenvalue weighted by Crippen LogP contribution is 2.35. The first-order valence-electron chi connectivity index (χ1n) is 12.6. The second-order valence-corrected chi connectivity index (χ2v) is 11.7.